The number of aromatic nitrogens is 3. The molecule has 4 N–H and O–H groups in total. The summed E-state index contributed by atoms with van der Waals surface area (Å²) in [5.41, 5.74) is 8.96. The van der Waals surface area contributed by atoms with Gasteiger partial charge in [0.25, 0.3) is 0 Å². The van der Waals surface area contributed by atoms with E-state index >= 15 is 0 Å². The summed E-state index contributed by atoms with van der Waals surface area (Å²) in [4.78, 5) is 26.2. The molecular formula is C24H24Cl2N6O3. The molecule has 1 saturated carbocycles. The maximum atomic E-state index is 11.5. The van der Waals surface area contributed by atoms with Crippen LogP contribution in [0, 0.1) is 11.8 Å². The van der Waals surface area contributed by atoms with Crippen molar-refractivity contribution in [2.75, 3.05) is 36.5 Å². The first kappa shape index (κ1) is 22.5. The molecule has 0 radical (unpaired) electrons. The van der Waals surface area contributed by atoms with E-state index in [0.717, 1.165) is 30.8 Å². The monoisotopic (exact) mass is 514 g/mol. The summed E-state index contributed by atoms with van der Waals surface area (Å²) < 4.78 is 10.9. The molecule has 1 amide bonds. The summed E-state index contributed by atoms with van der Waals surface area (Å²) in [7, 11) is 0. The van der Waals surface area contributed by atoms with Gasteiger partial charge in [-0.15, -0.1) is 0 Å². The van der Waals surface area contributed by atoms with E-state index in [0.29, 0.717) is 45.9 Å². The Morgan fingerprint density at radius 3 is 2.77 bits per heavy atom. The lowest BCUT2D eigenvalue weighted by Crippen LogP contribution is -2.41. The summed E-state index contributed by atoms with van der Waals surface area (Å²) in [6, 6.07) is 5.77. The second-order valence-electron chi connectivity index (χ2n) is 9.05. The molecule has 3 aliphatic rings. The Labute approximate surface area is 211 Å². The van der Waals surface area contributed by atoms with Gasteiger partial charge in [0, 0.05) is 36.2 Å². The highest BCUT2D eigenvalue weighted by Crippen LogP contribution is 2.44. The minimum atomic E-state index is -0.785. The van der Waals surface area contributed by atoms with Crippen molar-refractivity contribution >= 4 is 51.8 Å². The summed E-state index contributed by atoms with van der Waals surface area (Å²) in [5.74, 6) is 0.921. The van der Waals surface area contributed by atoms with Crippen LogP contribution in [0.2, 0.25) is 10.0 Å². The number of imidazole rings is 1. The number of nitrogens with zero attached hydrogens (tertiary/aromatic N) is 3. The number of nitrogens with one attached hydrogen (secondary N) is 2. The number of H-pyrrole nitrogens is 1. The third-order valence-electron chi connectivity index (χ3n) is 7.01. The number of halogens is 2. The van der Waals surface area contributed by atoms with Gasteiger partial charge >= 0.3 is 6.09 Å². The van der Waals surface area contributed by atoms with Gasteiger partial charge in [-0.2, -0.15) is 0 Å². The number of pyridine rings is 1. The molecule has 2 aromatic heterocycles. The Kier molecular flexibility index (Phi) is 5.70. The van der Waals surface area contributed by atoms with Crippen LogP contribution in [0.25, 0.3) is 22.6 Å². The molecule has 11 heteroatoms. The molecule has 9 nitrogen and oxygen atoms in total. The van der Waals surface area contributed by atoms with Gasteiger partial charge < -0.3 is 30.4 Å². The number of hydrogen-bond donors (Lipinski definition) is 3. The van der Waals surface area contributed by atoms with Gasteiger partial charge in [-0.25, -0.2) is 14.8 Å². The standard InChI is InChI=1S/C24H24Cl2N6O3/c25-16-10-14(32-5-7-34-8-6-32)3-4-15(16)22-30-20-19(17(26)11-28-23(20)31-22)29-18-12-1-2-13(9-12)21(18)35-24(27)33/h1-4,10-13,18,21H,5-9H2,(H2,27,33)(H2,28,29,30,31)/t12-,13+,18+,21-/m0/s1. The van der Waals surface area contributed by atoms with Crippen molar-refractivity contribution in [1.29, 1.82) is 0 Å². The molecule has 4 atom stereocenters. The molecule has 2 aliphatic carbocycles. The highest BCUT2D eigenvalue weighted by atomic mass is 35.5. The summed E-state index contributed by atoms with van der Waals surface area (Å²) in [6.45, 7) is 3.07. The van der Waals surface area contributed by atoms with Crippen LogP contribution in [0.15, 0.2) is 36.5 Å². The van der Waals surface area contributed by atoms with Crippen molar-refractivity contribution in [2.45, 2.75) is 18.6 Å². The highest BCUT2D eigenvalue weighted by molar-refractivity contribution is 6.34. The number of hydrogen-bond acceptors (Lipinski definition) is 7. The van der Waals surface area contributed by atoms with Crippen molar-refractivity contribution in [1.82, 2.24) is 15.0 Å². The molecule has 2 bridgehead atoms. The average molecular weight is 515 g/mol. The number of rotatable bonds is 5. The van der Waals surface area contributed by atoms with Gasteiger partial charge in [-0.3, -0.25) is 0 Å². The summed E-state index contributed by atoms with van der Waals surface area (Å²) in [6.07, 6.45) is 5.52. The number of ether oxygens (including phenoxy) is 2. The largest absolute Gasteiger partial charge is 0.444 e. The second kappa shape index (κ2) is 8.89. The van der Waals surface area contributed by atoms with E-state index in [1.807, 2.05) is 18.2 Å². The molecular weight excluding hydrogens is 491 g/mol. The van der Waals surface area contributed by atoms with Crippen LogP contribution in [0.5, 0.6) is 0 Å². The first-order chi connectivity index (χ1) is 17.0. The number of carbonyl (C=O) groups is 1. The average Bonchev–Trinajstić information content (AvgIpc) is 3.57. The van der Waals surface area contributed by atoms with E-state index in [2.05, 4.69) is 37.3 Å². The number of aromatic amines is 1. The Morgan fingerprint density at radius 1 is 1.20 bits per heavy atom. The van der Waals surface area contributed by atoms with Crippen molar-refractivity contribution < 1.29 is 14.3 Å². The first-order valence-electron chi connectivity index (χ1n) is 11.6. The predicted molar refractivity (Wildman–Crippen MR) is 135 cm³/mol. The number of benzene rings is 1. The lowest BCUT2D eigenvalue weighted by Gasteiger charge is -2.29. The van der Waals surface area contributed by atoms with Crippen LogP contribution in [0.4, 0.5) is 16.2 Å². The Hall–Kier alpha value is -3.01. The van der Waals surface area contributed by atoms with Gasteiger partial charge in [0.15, 0.2) is 5.65 Å². The summed E-state index contributed by atoms with van der Waals surface area (Å²) >= 11 is 13.2. The predicted octanol–water partition coefficient (Wildman–Crippen LogP) is 4.22. The maximum absolute atomic E-state index is 11.5. The van der Waals surface area contributed by atoms with Crippen molar-refractivity contribution in [2.24, 2.45) is 17.6 Å². The molecule has 3 heterocycles. The fourth-order valence-electron chi connectivity index (χ4n) is 5.34. The number of amides is 1. The minimum Gasteiger partial charge on any atom is -0.444 e. The van der Waals surface area contributed by atoms with Gasteiger partial charge in [-0.1, -0.05) is 35.4 Å². The number of fused-ring (bicyclic) bond motifs is 3. The summed E-state index contributed by atoms with van der Waals surface area (Å²) in [5, 5.41) is 4.51. The lowest BCUT2D eigenvalue weighted by molar-refractivity contribution is 0.0854. The zero-order chi connectivity index (χ0) is 24.1. The van der Waals surface area contributed by atoms with E-state index in [4.69, 9.17) is 38.4 Å². The Morgan fingerprint density at radius 2 is 2.00 bits per heavy atom. The molecule has 3 aromatic rings. The number of morpholine rings is 1. The SMILES string of the molecule is NC(=O)O[C@@H]1[C@H](Nc2c(Cl)cnc3nc(-c4ccc(N5CCOCC5)cc4Cl)[nH]c23)[C@H]2C=C[C@@H]1C2. The smallest absolute Gasteiger partial charge is 0.404 e. The Bertz CT molecular complexity index is 1320. The molecule has 1 aliphatic heterocycles. The zero-order valence-corrected chi connectivity index (χ0v) is 20.2. The third-order valence-corrected chi connectivity index (χ3v) is 7.61. The number of anilines is 2. The minimum absolute atomic E-state index is 0.127. The quantitative estimate of drug-likeness (QED) is 0.436. The van der Waals surface area contributed by atoms with E-state index in [1.54, 1.807) is 6.20 Å². The molecule has 0 unspecified atom stereocenters. The fraction of sp³-hybridized carbons (Fsp3) is 0.375. The van der Waals surface area contributed by atoms with Crippen LogP contribution in [-0.4, -0.2) is 59.5 Å². The molecule has 6 rings (SSSR count). The molecule has 1 aromatic carbocycles. The second-order valence-corrected chi connectivity index (χ2v) is 9.86. The number of carbonyl (C=O) groups excluding carboxylic acids is 1. The fourth-order valence-corrected chi connectivity index (χ4v) is 5.81. The third kappa shape index (κ3) is 4.07. The van der Waals surface area contributed by atoms with Crippen molar-refractivity contribution in [3.63, 3.8) is 0 Å². The van der Waals surface area contributed by atoms with E-state index in [9.17, 15) is 4.79 Å². The molecule has 35 heavy (non-hydrogen) atoms. The van der Waals surface area contributed by atoms with Gasteiger partial charge in [0.1, 0.15) is 17.4 Å². The lowest BCUT2D eigenvalue weighted by atomic mass is 9.98. The van der Waals surface area contributed by atoms with Gasteiger partial charge in [0.2, 0.25) is 0 Å². The Balaban J connectivity index is 1.32. The van der Waals surface area contributed by atoms with Gasteiger partial charge in [-0.05, 0) is 24.6 Å². The normalized spacial score (nSPS) is 25.4. The van der Waals surface area contributed by atoms with Crippen molar-refractivity contribution in [3.8, 4) is 11.4 Å². The van der Waals surface area contributed by atoms with Crippen LogP contribution in [-0.2, 0) is 9.47 Å². The molecule has 0 spiro atoms. The van der Waals surface area contributed by atoms with E-state index in [-0.39, 0.29) is 24.0 Å². The van der Waals surface area contributed by atoms with E-state index < -0.39 is 6.09 Å². The van der Waals surface area contributed by atoms with Gasteiger partial charge in [0.05, 0.1) is 41.2 Å². The first-order valence-corrected chi connectivity index (χ1v) is 12.3. The van der Waals surface area contributed by atoms with Crippen LogP contribution >= 0.6 is 23.2 Å². The van der Waals surface area contributed by atoms with Crippen LogP contribution in [0.1, 0.15) is 6.42 Å². The number of primary amides is 1. The van der Waals surface area contributed by atoms with Crippen LogP contribution in [0.3, 0.4) is 0 Å². The maximum Gasteiger partial charge on any atom is 0.404 e. The molecule has 1 saturated heterocycles. The highest BCUT2D eigenvalue weighted by Gasteiger charge is 2.47. The molecule has 2 fully saturated rings. The number of nitrogens with two attached hydrogens (primary N) is 1. The zero-order valence-electron chi connectivity index (χ0n) is 18.7. The van der Waals surface area contributed by atoms with Crippen molar-refractivity contribution in [3.05, 3.63) is 46.6 Å². The molecule has 182 valence electrons. The topological polar surface area (TPSA) is 118 Å². The van der Waals surface area contributed by atoms with Crippen LogP contribution < -0.4 is 16.0 Å². The van der Waals surface area contributed by atoms with E-state index in [1.165, 1.54) is 0 Å².